The molecule has 0 spiro atoms. The molecule has 3 heterocycles. The molecule has 2 saturated heterocycles. The summed E-state index contributed by atoms with van der Waals surface area (Å²) >= 11 is 0. The molecule has 180 valence electrons. The monoisotopic (exact) mass is 487 g/mol. The number of sulfonamides is 1. The lowest BCUT2D eigenvalue weighted by molar-refractivity contribution is -0.139. The normalized spacial score (nSPS) is 21.0. The van der Waals surface area contributed by atoms with Gasteiger partial charge < -0.3 is 9.88 Å². The van der Waals surface area contributed by atoms with Gasteiger partial charge in [0.05, 0.1) is 4.90 Å². The molecule has 0 saturated carbocycles. The lowest BCUT2D eigenvalue weighted by Gasteiger charge is -2.25. The molecule has 12 heteroatoms. The Labute approximate surface area is 196 Å². The first-order valence-corrected chi connectivity index (χ1v) is 12.4. The molecule has 1 aromatic heterocycles. The predicted octanol–water partition coefficient (Wildman–Crippen LogP) is 0.521. The summed E-state index contributed by atoms with van der Waals surface area (Å²) in [6.45, 7) is 1.95. The Morgan fingerprint density at radius 3 is 2.38 bits per heavy atom. The highest BCUT2D eigenvalue weighted by Gasteiger charge is 2.52. The van der Waals surface area contributed by atoms with Crippen LogP contribution >= 0.6 is 0 Å². The number of nitrogens with one attached hydrogen (secondary N) is 2. The van der Waals surface area contributed by atoms with Crippen LogP contribution in [0.25, 0.3) is 0 Å². The second kappa shape index (κ2) is 9.03. The number of hydrazine groups is 1. The van der Waals surface area contributed by atoms with Gasteiger partial charge in [-0.15, -0.1) is 0 Å². The van der Waals surface area contributed by atoms with Crippen LogP contribution in [-0.2, 0) is 31.7 Å². The Morgan fingerprint density at radius 2 is 1.74 bits per heavy atom. The summed E-state index contributed by atoms with van der Waals surface area (Å²) in [5.74, 6) is -1.49. The van der Waals surface area contributed by atoms with Crippen LogP contribution in [0.5, 0.6) is 0 Å². The smallest absolute Gasteiger partial charge is 0.318 e. The number of benzene rings is 1. The molecule has 34 heavy (non-hydrogen) atoms. The van der Waals surface area contributed by atoms with Gasteiger partial charge in [-0.05, 0) is 30.9 Å². The van der Waals surface area contributed by atoms with Crippen molar-refractivity contribution < 1.29 is 22.8 Å². The van der Waals surface area contributed by atoms with E-state index in [9.17, 15) is 27.6 Å². The third-order valence-electron chi connectivity index (χ3n) is 6.10. The van der Waals surface area contributed by atoms with Gasteiger partial charge in [0.2, 0.25) is 10.0 Å². The van der Waals surface area contributed by atoms with E-state index in [0.717, 1.165) is 29.7 Å². The van der Waals surface area contributed by atoms with Gasteiger partial charge in [0.1, 0.15) is 12.1 Å². The molecule has 0 radical (unpaired) electrons. The standard InChI is InChI=1S/C22H25N5O6S/c1-2-22(16-8-4-3-5-9-16)20(30)27(21(31)23-22)24-18(28)15-25-14-17(10-11-19(25)29)34(32,33)26-12-6-7-13-26/h3-5,8-11,14H,2,6-7,12-13,15H2,1H3,(H,23,31)(H,24,28). The van der Waals surface area contributed by atoms with Crippen LogP contribution in [0, 0.1) is 0 Å². The fourth-order valence-electron chi connectivity index (χ4n) is 4.22. The van der Waals surface area contributed by atoms with Crippen molar-refractivity contribution in [3.8, 4) is 0 Å². The second-order valence-corrected chi connectivity index (χ2v) is 10.1. The SMILES string of the molecule is CCC1(c2ccccc2)NC(=O)N(NC(=O)Cn2cc(S(=O)(=O)N3CCCC3)ccc2=O)C1=O. The zero-order valence-electron chi connectivity index (χ0n) is 18.6. The number of urea groups is 1. The minimum Gasteiger partial charge on any atom is -0.318 e. The lowest BCUT2D eigenvalue weighted by atomic mass is 9.87. The maximum Gasteiger partial charge on any atom is 0.344 e. The summed E-state index contributed by atoms with van der Waals surface area (Å²) in [4.78, 5) is 50.5. The highest BCUT2D eigenvalue weighted by Crippen LogP contribution is 2.31. The van der Waals surface area contributed by atoms with Gasteiger partial charge in [-0.2, -0.15) is 9.31 Å². The van der Waals surface area contributed by atoms with Gasteiger partial charge in [0, 0.05) is 25.4 Å². The van der Waals surface area contributed by atoms with Crippen molar-refractivity contribution in [2.24, 2.45) is 0 Å². The summed E-state index contributed by atoms with van der Waals surface area (Å²) in [6.07, 6.45) is 2.87. The number of imide groups is 1. The van der Waals surface area contributed by atoms with E-state index in [-0.39, 0.29) is 11.3 Å². The van der Waals surface area contributed by atoms with E-state index in [0.29, 0.717) is 23.7 Å². The maximum absolute atomic E-state index is 13.1. The molecule has 4 rings (SSSR count). The average molecular weight is 488 g/mol. The van der Waals surface area contributed by atoms with Gasteiger partial charge >= 0.3 is 6.03 Å². The highest BCUT2D eigenvalue weighted by atomic mass is 32.2. The van der Waals surface area contributed by atoms with Crippen molar-refractivity contribution in [1.29, 1.82) is 0 Å². The minimum atomic E-state index is -3.79. The minimum absolute atomic E-state index is 0.106. The molecule has 2 fully saturated rings. The van der Waals surface area contributed by atoms with Gasteiger partial charge in [-0.25, -0.2) is 13.2 Å². The van der Waals surface area contributed by atoms with Crippen LogP contribution in [0.1, 0.15) is 31.7 Å². The van der Waals surface area contributed by atoms with Crippen LogP contribution in [0.4, 0.5) is 4.79 Å². The molecule has 0 aliphatic carbocycles. The van der Waals surface area contributed by atoms with Gasteiger partial charge in [-0.3, -0.25) is 19.8 Å². The Balaban J connectivity index is 1.52. The molecule has 0 bridgehead atoms. The number of hydrogen-bond acceptors (Lipinski definition) is 6. The van der Waals surface area contributed by atoms with E-state index in [4.69, 9.17) is 0 Å². The summed E-state index contributed by atoms with van der Waals surface area (Å²) in [5, 5.41) is 3.24. The third kappa shape index (κ3) is 4.10. The van der Waals surface area contributed by atoms with Crippen molar-refractivity contribution in [2.45, 2.75) is 43.2 Å². The average Bonchev–Trinajstić information content (AvgIpc) is 3.45. The van der Waals surface area contributed by atoms with Crippen molar-refractivity contribution in [3.05, 3.63) is 64.6 Å². The number of hydrogen-bond donors (Lipinski definition) is 2. The van der Waals surface area contributed by atoms with E-state index < -0.39 is 45.5 Å². The molecular weight excluding hydrogens is 462 g/mol. The third-order valence-corrected chi connectivity index (χ3v) is 7.98. The van der Waals surface area contributed by atoms with Gasteiger partial charge in [-0.1, -0.05) is 37.3 Å². The lowest BCUT2D eigenvalue weighted by Crippen LogP contribution is -2.49. The van der Waals surface area contributed by atoms with Crippen molar-refractivity contribution in [1.82, 2.24) is 24.6 Å². The first-order valence-electron chi connectivity index (χ1n) is 10.9. The van der Waals surface area contributed by atoms with Crippen LogP contribution in [0.2, 0.25) is 0 Å². The van der Waals surface area contributed by atoms with Crippen LogP contribution < -0.4 is 16.3 Å². The molecule has 1 unspecified atom stereocenters. The topological polar surface area (TPSA) is 138 Å². The summed E-state index contributed by atoms with van der Waals surface area (Å²) in [6, 6.07) is 10.1. The number of carbonyl (C=O) groups excluding carboxylic acids is 3. The van der Waals surface area contributed by atoms with Gasteiger partial charge in [0.25, 0.3) is 17.4 Å². The van der Waals surface area contributed by atoms with Crippen molar-refractivity contribution >= 4 is 27.9 Å². The molecule has 1 atom stereocenters. The van der Waals surface area contributed by atoms with E-state index in [1.165, 1.54) is 10.4 Å². The van der Waals surface area contributed by atoms with Crippen molar-refractivity contribution in [2.75, 3.05) is 13.1 Å². The fraction of sp³-hybridized carbons (Fsp3) is 0.364. The molecule has 4 amide bonds. The van der Waals surface area contributed by atoms with E-state index in [1.54, 1.807) is 37.3 Å². The van der Waals surface area contributed by atoms with Crippen LogP contribution in [0.3, 0.4) is 0 Å². The Morgan fingerprint density at radius 1 is 1.06 bits per heavy atom. The molecule has 11 nitrogen and oxygen atoms in total. The largest absolute Gasteiger partial charge is 0.344 e. The van der Waals surface area contributed by atoms with Crippen LogP contribution in [0.15, 0.2) is 58.4 Å². The Bertz CT molecular complexity index is 1290. The van der Waals surface area contributed by atoms with Gasteiger partial charge in [0.15, 0.2) is 0 Å². The molecule has 2 aliphatic heterocycles. The summed E-state index contributed by atoms with van der Waals surface area (Å²) in [7, 11) is -3.79. The number of amides is 4. The summed E-state index contributed by atoms with van der Waals surface area (Å²) in [5.41, 5.74) is 0.888. The van der Waals surface area contributed by atoms with E-state index in [2.05, 4.69) is 10.7 Å². The van der Waals surface area contributed by atoms with E-state index in [1.807, 2.05) is 0 Å². The number of nitrogens with zero attached hydrogens (tertiary/aromatic N) is 3. The first kappa shape index (κ1) is 23.6. The zero-order valence-corrected chi connectivity index (χ0v) is 19.4. The quantitative estimate of drug-likeness (QED) is 0.546. The zero-order chi connectivity index (χ0) is 24.5. The molecular formula is C22H25N5O6S. The predicted molar refractivity (Wildman–Crippen MR) is 121 cm³/mol. The van der Waals surface area contributed by atoms with Crippen molar-refractivity contribution in [3.63, 3.8) is 0 Å². The molecule has 2 N–H and O–H groups in total. The first-order chi connectivity index (χ1) is 16.2. The summed E-state index contributed by atoms with van der Waals surface area (Å²) < 4.78 is 27.8. The highest BCUT2D eigenvalue weighted by molar-refractivity contribution is 7.89. The Kier molecular flexibility index (Phi) is 6.28. The number of pyridine rings is 1. The number of rotatable bonds is 7. The van der Waals surface area contributed by atoms with E-state index >= 15 is 0 Å². The fourth-order valence-corrected chi connectivity index (χ4v) is 5.75. The maximum atomic E-state index is 13.1. The molecule has 2 aromatic rings. The second-order valence-electron chi connectivity index (χ2n) is 8.17. The number of carbonyl (C=O) groups is 3. The molecule has 2 aliphatic rings. The Hall–Kier alpha value is -3.51. The number of aromatic nitrogens is 1. The van der Waals surface area contributed by atoms with Crippen LogP contribution in [-0.4, -0.2) is 53.2 Å². The molecule has 1 aromatic carbocycles.